The predicted octanol–water partition coefficient (Wildman–Crippen LogP) is 0.655. The van der Waals surface area contributed by atoms with Crippen LogP contribution in [-0.4, -0.2) is 35.2 Å². The number of hydrogen-bond acceptors (Lipinski definition) is 4. The first kappa shape index (κ1) is 13.8. The van der Waals surface area contributed by atoms with E-state index in [2.05, 4.69) is 9.71 Å². The highest BCUT2D eigenvalue weighted by Crippen LogP contribution is 2.23. The van der Waals surface area contributed by atoms with E-state index in [9.17, 15) is 13.5 Å². The minimum atomic E-state index is -3.78. The van der Waals surface area contributed by atoms with Gasteiger partial charge in [-0.15, -0.1) is 0 Å². The molecule has 2 atom stereocenters. The fraction of sp³-hybridized carbons (Fsp3) is 0.700. The smallest absolute Gasteiger partial charge is 0.261 e. The molecule has 0 bridgehead atoms. The number of aromatic nitrogens is 2. The van der Waals surface area contributed by atoms with Gasteiger partial charge in [0.05, 0.1) is 12.4 Å². The van der Waals surface area contributed by atoms with Crippen LogP contribution in [0.2, 0.25) is 5.15 Å². The van der Waals surface area contributed by atoms with Gasteiger partial charge in [0.25, 0.3) is 10.0 Å². The number of nitrogens with one attached hydrogen (secondary N) is 1. The first-order valence-electron chi connectivity index (χ1n) is 5.79. The first-order valence-corrected chi connectivity index (χ1v) is 7.65. The van der Waals surface area contributed by atoms with Crippen LogP contribution >= 0.6 is 11.6 Å². The van der Waals surface area contributed by atoms with Gasteiger partial charge in [0.1, 0.15) is 5.15 Å². The molecule has 102 valence electrons. The Morgan fingerprint density at radius 1 is 1.50 bits per heavy atom. The van der Waals surface area contributed by atoms with E-state index in [4.69, 9.17) is 11.6 Å². The quantitative estimate of drug-likeness (QED) is 0.857. The van der Waals surface area contributed by atoms with Crippen molar-refractivity contribution in [2.75, 3.05) is 0 Å². The molecule has 18 heavy (non-hydrogen) atoms. The molecule has 0 aliphatic heterocycles. The number of rotatable bonds is 3. The highest BCUT2D eigenvalue weighted by molar-refractivity contribution is 7.89. The summed E-state index contributed by atoms with van der Waals surface area (Å²) in [7, 11) is -2.16. The Hall–Kier alpha value is -0.630. The normalized spacial score (nSPS) is 25.3. The number of hydrogen-bond donors (Lipinski definition) is 2. The summed E-state index contributed by atoms with van der Waals surface area (Å²) in [5.74, 6) is 0. The number of sulfonamides is 1. The lowest BCUT2D eigenvalue weighted by Crippen LogP contribution is -2.45. The van der Waals surface area contributed by atoms with Crippen LogP contribution in [0.4, 0.5) is 0 Å². The third-order valence-corrected chi connectivity index (χ3v) is 5.10. The molecule has 1 aliphatic rings. The van der Waals surface area contributed by atoms with Gasteiger partial charge in [0.15, 0.2) is 0 Å². The molecule has 1 saturated carbocycles. The van der Waals surface area contributed by atoms with E-state index in [0.717, 1.165) is 12.8 Å². The van der Waals surface area contributed by atoms with Crippen LogP contribution in [0.15, 0.2) is 11.4 Å². The van der Waals surface area contributed by atoms with Crippen LogP contribution < -0.4 is 4.72 Å². The molecule has 1 aromatic rings. The van der Waals surface area contributed by atoms with Crippen LogP contribution in [0.5, 0.6) is 0 Å². The maximum absolute atomic E-state index is 12.1. The predicted molar refractivity (Wildman–Crippen MR) is 66.8 cm³/mol. The number of aliphatic hydroxyl groups is 1. The molecule has 6 nitrogen and oxygen atoms in total. The lowest BCUT2D eigenvalue weighted by atomic mass is 9.93. The Kier molecular flexibility index (Phi) is 3.96. The number of nitrogens with zero attached hydrogens (tertiary/aromatic N) is 2. The van der Waals surface area contributed by atoms with E-state index in [1.807, 2.05) is 0 Å². The molecular weight excluding hydrogens is 278 g/mol. The van der Waals surface area contributed by atoms with Crippen LogP contribution in [-0.2, 0) is 17.1 Å². The second-order valence-electron chi connectivity index (χ2n) is 4.53. The van der Waals surface area contributed by atoms with Gasteiger partial charge >= 0.3 is 0 Å². The van der Waals surface area contributed by atoms with Crippen molar-refractivity contribution in [1.82, 2.24) is 14.3 Å². The molecule has 2 unspecified atom stereocenters. The SMILES string of the molecule is Cn1cnc(S(=O)(=O)NC2CCCCC2O)c1Cl. The monoisotopic (exact) mass is 293 g/mol. The van der Waals surface area contributed by atoms with Gasteiger partial charge in [-0.2, -0.15) is 0 Å². The van der Waals surface area contributed by atoms with Gasteiger partial charge in [-0.1, -0.05) is 24.4 Å². The first-order chi connectivity index (χ1) is 8.42. The number of halogens is 1. The summed E-state index contributed by atoms with van der Waals surface area (Å²) in [6.45, 7) is 0. The Morgan fingerprint density at radius 2 is 2.17 bits per heavy atom. The van der Waals surface area contributed by atoms with E-state index in [1.165, 1.54) is 10.9 Å². The summed E-state index contributed by atoms with van der Waals surface area (Å²) in [6, 6.07) is -0.457. The van der Waals surface area contributed by atoms with Crippen molar-refractivity contribution in [3.63, 3.8) is 0 Å². The van der Waals surface area contributed by atoms with Crippen LogP contribution in [0.25, 0.3) is 0 Å². The fourth-order valence-electron chi connectivity index (χ4n) is 2.08. The maximum Gasteiger partial charge on any atom is 0.261 e. The third kappa shape index (κ3) is 2.69. The second kappa shape index (κ2) is 5.16. The average molecular weight is 294 g/mol. The van der Waals surface area contributed by atoms with Gasteiger partial charge in [-0.05, 0) is 12.8 Å². The Labute approximate surface area is 111 Å². The van der Waals surface area contributed by atoms with Crippen molar-refractivity contribution >= 4 is 21.6 Å². The zero-order valence-electron chi connectivity index (χ0n) is 10.0. The molecular formula is C10H16ClN3O3S. The largest absolute Gasteiger partial charge is 0.391 e. The second-order valence-corrected chi connectivity index (χ2v) is 6.52. The zero-order valence-corrected chi connectivity index (χ0v) is 11.6. The molecule has 0 aromatic carbocycles. The summed E-state index contributed by atoms with van der Waals surface area (Å²) in [6.07, 6.45) is 3.77. The van der Waals surface area contributed by atoms with Crippen molar-refractivity contribution in [2.24, 2.45) is 7.05 Å². The van der Waals surface area contributed by atoms with Crippen LogP contribution in [0.3, 0.4) is 0 Å². The van der Waals surface area contributed by atoms with E-state index in [1.54, 1.807) is 7.05 Å². The molecule has 0 spiro atoms. The highest BCUT2D eigenvalue weighted by atomic mass is 35.5. The molecule has 1 aromatic heterocycles. The third-order valence-electron chi connectivity index (χ3n) is 3.12. The number of aliphatic hydroxyl groups excluding tert-OH is 1. The number of aryl methyl sites for hydroxylation is 1. The summed E-state index contributed by atoms with van der Waals surface area (Å²) in [5, 5.41) is 9.64. The minimum absolute atomic E-state index is 0.0628. The Morgan fingerprint density at radius 3 is 2.72 bits per heavy atom. The molecule has 0 radical (unpaired) electrons. The molecule has 8 heteroatoms. The van der Waals surface area contributed by atoms with Crippen LogP contribution in [0, 0.1) is 0 Å². The summed E-state index contributed by atoms with van der Waals surface area (Å²) in [5.41, 5.74) is 0. The van der Waals surface area contributed by atoms with Gasteiger partial charge < -0.3 is 9.67 Å². The van der Waals surface area contributed by atoms with Crippen molar-refractivity contribution in [3.05, 3.63) is 11.5 Å². The molecule has 2 rings (SSSR count). The maximum atomic E-state index is 12.1. The summed E-state index contributed by atoms with van der Waals surface area (Å²) < 4.78 is 28.1. The standard InChI is InChI=1S/C10H16ClN3O3S/c1-14-6-12-10(9(14)11)18(16,17)13-7-4-2-3-5-8(7)15/h6-8,13,15H,2-5H2,1H3. The van der Waals surface area contributed by atoms with Gasteiger partial charge in [-0.3, -0.25) is 0 Å². The lowest BCUT2D eigenvalue weighted by Gasteiger charge is -2.27. The van der Waals surface area contributed by atoms with Crippen LogP contribution in [0.1, 0.15) is 25.7 Å². The lowest BCUT2D eigenvalue weighted by molar-refractivity contribution is 0.101. The van der Waals surface area contributed by atoms with Gasteiger partial charge in [0, 0.05) is 13.1 Å². The van der Waals surface area contributed by atoms with Crippen molar-refractivity contribution in [3.8, 4) is 0 Å². The van der Waals surface area contributed by atoms with E-state index < -0.39 is 22.2 Å². The average Bonchev–Trinajstić information content (AvgIpc) is 2.63. The zero-order chi connectivity index (χ0) is 13.3. The molecule has 2 N–H and O–H groups in total. The molecule has 0 amide bonds. The molecule has 1 heterocycles. The molecule has 1 aliphatic carbocycles. The molecule has 1 fully saturated rings. The minimum Gasteiger partial charge on any atom is -0.391 e. The van der Waals surface area contributed by atoms with Gasteiger partial charge in [-0.25, -0.2) is 18.1 Å². The highest BCUT2D eigenvalue weighted by Gasteiger charge is 2.30. The van der Waals surface area contributed by atoms with E-state index >= 15 is 0 Å². The fourth-order valence-corrected chi connectivity index (χ4v) is 3.81. The van der Waals surface area contributed by atoms with Crippen molar-refractivity contribution in [2.45, 2.75) is 42.9 Å². The summed E-state index contributed by atoms with van der Waals surface area (Å²) in [4.78, 5) is 3.78. The van der Waals surface area contributed by atoms with Gasteiger partial charge in [0.2, 0.25) is 5.03 Å². The van der Waals surface area contributed by atoms with E-state index in [-0.39, 0.29) is 10.2 Å². The topological polar surface area (TPSA) is 84.2 Å². The van der Waals surface area contributed by atoms with Crippen molar-refractivity contribution < 1.29 is 13.5 Å². The molecule has 0 saturated heterocycles. The summed E-state index contributed by atoms with van der Waals surface area (Å²) >= 11 is 5.87. The Bertz CT molecular complexity index is 528. The van der Waals surface area contributed by atoms with Crippen molar-refractivity contribution in [1.29, 1.82) is 0 Å². The number of imidazole rings is 1. The van der Waals surface area contributed by atoms with E-state index in [0.29, 0.717) is 12.8 Å². The Balaban J connectivity index is 2.19.